The van der Waals surface area contributed by atoms with Gasteiger partial charge >= 0.3 is 7.12 Å². The minimum absolute atomic E-state index is 0.0203. The molecule has 5 nitrogen and oxygen atoms in total. The molecule has 0 N–H and O–H groups in total. The first-order chi connectivity index (χ1) is 13.8. The molecule has 3 saturated heterocycles. The molecule has 3 fully saturated rings. The number of hydrogen-bond donors (Lipinski definition) is 0. The van der Waals surface area contributed by atoms with Gasteiger partial charge in [-0.1, -0.05) is 24.3 Å². The van der Waals surface area contributed by atoms with Crippen LogP contribution in [0.15, 0.2) is 24.3 Å². The first-order valence-electron chi connectivity index (χ1n) is 11.1. The van der Waals surface area contributed by atoms with Gasteiger partial charge in [-0.3, -0.25) is 0 Å². The van der Waals surface area contributed by atoms with Crippen LogP contribution in [0, 0.1) is 0 Å². The summed E-state index contributed by atoms with van der Waals surface area (Å²) in [6.07, 6.45) is 5.19. The highest BCUT2D eigenvalue weighted by atomic mass is 16.7. The quantitative estimate of drug-likeness (QED) is 0.705. The molecule has 3 aliphatic rings. The molecule has 4 rings (SSSR count). The monoisotopic (exact) mass is 402 g/mol. The maximum atomic E-state index is 6.24. The van der Waals surface area contributed by atoms with Crippen molar-refractivity contribution in [3.8, 4) is 0 Å². The van der Waals surface area contributed by atoms with Crippen LogP contribution in [0.1, 0.15) is 65.4 Å². The first kappa shape index (κ1) is 21.3. The van der Waals surface area contributed by atoms with E-state index in [1.807, 2.05) is 0 Å². The Balaban J connectivity index is 1.48. The largest absolute Gasteiger partial charge is 0.494 e. The van der Waals surface area contributed by atoms with E-state index in [9.17, 15) is 0 Å². The van der Waals surface area contributed by atoms with Crippen molar-refractivity contribution in [1.82, 2.24) is 0 Å². The molecule has 1 aromatic carbocycles. The van der Waals surface area contributed by atoms with E-state index in [0.717, 1.165) is 51.0 Å². The van der Waals surface area contributed by atoms with E-state index in [1.54, 1.807) is 0 Å². The Hall–Kier alpha value is -0.915. The van der Waals surface area contributed by atoms with E-state index in [-0.39, 0.29) is 30.0 Å². The fraction of sp³-hybridized carbons (Fsp3) is 0.739. The number of benzene rings is 1. The number of rotatable bonds is 5. The van der Waals surface area contributed by atoms with Crippen molar-refractivity contribution in [2.24, 2.45) is 0 Å². The van der Waals surface area contributed by atoms with Gasteiger partial charge in [-0.15, -0.1) is 0 Å². The third-order valence-corrected chi connectivity index (χ3v) is 7.18. The van der Waals surface area contributed by atoms with Gasteiger partial charge in [-0.25, -0.2) is 0 Å². The Morgan fingerprint density at radius 3 is 2.17 bits per heavy atom. The van der Waals surface area contributed by atoms with Crippen LogP contribution in [0.4, 0.5) is 0 Å². The van der Waals surface area contributed by atoms with Crippen LogP contribution in [0.25, 0.3) is 0 Å². The van der Waals surface area contributed by atoms with Gasteiger partial charge in [0.1, 0.15) is 0 Å². The second-order valence-corrected chi connectivity index (χ2v) is 9.71. The van der Waals surface area contributed by atoms with Crippen LogP contribution in [0.5, 0.6) is 0 Å². The second kappa shape index (κ2) is 8.31. The number of hydrogen-bond acceptors (Lipinski definition) is 5. The van der Waals surface area contributed by atoms with Gasteiger partial charge in [0.15, 0.2) is 6.29 Å². The van der Waals surface area contributed by atoms with Crippen molar-refractivity contribution in [3.63, 3.8) is 0 Å². The zero-order valence-corrected chi connectivity index (χ0v) is 18.4. The second-order valence-electron chi connectivity index (χ2n) is 9.71. The predicted molar refractivity (Wildman–Crippen MR) is 113 cm³/mol. The van der Waals surface area contributed by atoms with E-state index < -0.39 is 0 Å². The van der Waals surface area contributed by atoms with Gasteiger partial charge in [0.25, 0.3) is 0 Å². The molecule has 3 heterocycles. The molecule has 1 aromatic rings. The Morgan fingerprint density at radius 1 is 0.931 bits per heavy atom. The van der Waals surface area contributed by atoms with E-state index in [0.29, 0.717) is 6.61 Å². The third-order valence-electron chi connectivity index (χ3n) is 7.18. The van der Waals surface area contributed by atoms with E-state index in [4.69, 9.17) is 23.5 Å². The SMILES string of the molecule is CC1(C)OB(c2ccc(C3(COC4CCCCO4)CCOCC3)cc2)OC1(C)C. The zero-order chi connectivity index (χ0) is 20.5. The third kappa shape index (κ3) is 4.42. The van der Waals surface area contributed by atoms with Crippen LogP contribution in [-0.4, -0.2) is 51.0 Å². The van der Waals surface area contributed by atoms with Crippen LogP contribution in [0.2, 0.25) is 0 Å². The molecule has 0 spiro atoms. The zero-order valence-electron chi connectivity index (χ0n) is 18.4. The van der Waals surface area contributed by atoms with E-state index in [2.05, 4.69) is 52.0 Å². The minimum Gasteiger partial charge on any atom is -0.399 e. The Bertz CT molecular complexity index is 659. The van der Waals surface area contributed by atoms with Crippen LogP contribution < -0.4 is 5.46 Å². The highest BCUT2D eigenvalue weighted by molar-refractivity contribution is 6.62. The summed E-state index contributed by atoms with van der Waals surface area (Å²) < 4.78 is 30.1. The van der Waals surface area contributed by atoms with Crippen molar-refractivity contribution in [1.29, 1.82) is 0 Å². The summed E-state index contributed by atoms with van der Waals surface area (Å²) in [7, 11) is -0.327. The molecule has 29 heavy (non-hydrogen) atoms. The smallest absolute Gasteiger partial charge is 0.399 e. The lowest BCUT2D eigenvalue weighted by Gasteiger charge is -2.39. The van der Waals surface area contributed by atoms with Crippen molar-refractivity contribution in [3.05, 3.63) is 29.8 Å². The molecule has 160 valence electrons. The molecule has 0 bridgehead atoms. The molecule has 6 heteroatoms. The lowest BCUT2D eigenvalue weighted by atomic mass is 9.72. The van der Waals surface area contributed by atoms with E-state index >= 15 is 0 Å². The summed E-state index contributed by atoms with van der Waals surface area (Å²) >= 11 is 0. The lowest BCUT2D eigenvalue weighted by Crippen LogP contribution is -2.41. The van der Waals surface area contributed by atoms with Gasteiger partial charge in [0.2, 0.25) is 0 Å². The molecular weight excluding hydrogens is 367 g/mol. The van der Waals surface area contributed by atoms with Gasteiger partial charge in [-0.2, -0.15) is 0 Å². The number of ether oxygens (including phenoxy) is 3. The summed E-state index contributed by atoms with van der Waals surface area (Å²) in [5.41, 5.74) is 1.69. The highest BCUT2D eigenvalue weighted by Gasteiger charge is 2.51. The predicted octanol–water partition coefficient (Wildman–Crippen LogP) is 3.58. The molecule has 3 aliphatic heterocycles. The van der Waals surface area contributed by atoms with Crippen molar-refractivity contribution in [2.45, 2.75) is 82.7 Å². The lowest BCUT2D eigenvalue weighted by molar-refractivity contribution is -0.176. The summed E-state index contributed by atoms with van der Waals surface area (Å²) in [6, 6.07) is 8.73. The Kier molecular flexibility index (Phi) is 6.11. The van der Waals surface area contributed by atoms with Crippen molar-refractivity contribution in [2.75, 3.05) is 26.4 Å². The normalized spacial score (nSPS) is 28.4. The summed E-state index contributed by atoms with van der Waals surface area (Å²) in [6.45, 7) is 11.4. The standard InChI is InChI=1S/C23H35BO5/c1-21(2)22(3,4)29-24(28-21)19-10-8-18(9-11-19)23(12-15-25-16-13-23)17-27-20-7-5-6-14-26-20/h8-11,20H,5-7,12-17H2,1-4H3. The van der Waals surface area contributed by atoms with Crippen LogP contribution in [0.3, 0.4) is 0 Å². The van der Waals surface area contributed by atoms with Gasteiger partial charge in [0.05, 0.1) is 17.8 Å². The molecule has 0 radical (unpaired) electrons. The molecule has 0 aliphatic carbocycles. The van der Waals surface area contributed by atoms with Gasteiger partial charge < -0.3 is 23.5 Å². The van der Waals surface area contributed by atoms with Crippen molar-refractivity contribution < 1.29 is 23.5 Å². The average molecular weight is 402 g/mol. The van der Waals surface area contributed by atoms with Crippen molar-refractivity contribution >= 4 is 12.6 Å². The Morgan fingerprint density at radius 2 is 1.59 bits per heavy atom. The maximum absolute atomic E-state index is 6.24. The molecule has 1 unspecified atom stereocenters. The Labute approximate surface area is 175 Å². The van der Waals surface area contributed by atoms with Crippen LogP contribution >= 0.6 is 0 Å². The molecule has 0 aromatic heterocycles. The maximum Gasteiger partial charge on any atom is 0.494 e. The fourth-order valence-corrected chi connectivity index (χ4v) is 4.35. The molecule has 0 amide bonds. The summed E-state index contributed by atoms with van der Waals surface area (Å²) in [5.74, 6) is 0. The first-order valence-corrected chi connectivity index (χ1v) is 11.1. The molecule has 1 atom stereocenters. The minimum atomic E-state index is -0.327. The van der Waals surface area contributed by atoms with E-state index in [1.165, 1.54) is 12.0 Å². The molecular formula is C23H35BO5. The topological polar surface area (TPSA) is 46.2 Å². The molecule has 0 saturated carbocycles. The summed E-state index contributed by atoms with van der Waals surface area (Å²) in [5, 5.41) is 0. The fourth-order valence-electron chi connectivity index (χ4n) is 4.35. The summed E-state index contributed by atoms with van der Waals surface area (Å²) in [4.78, 5) is 0. The van der Waals surface area contributed by atoms with Gasteiger partial charge in [0, 0.05) is 25.2 Å². The van der Waals surface area contributed by atoms with Gasteiger partial charge in [-0.05, 0) is 70.8 Å². The average Bonchev–Trinajstić information content (AvgIpc) is 2.95. The van der Waals surface area contributed by atoms with Crippen LogP contribution in [-0.2, 0) is 28.9 Å². The highest BCUT2D eigenvalue weighted by Crippen LogP contribution is 2.38.